The lowest BCUT2D eigenvalue weighted by Gasteiger charge is -2.14. The van der Waals surface area contributed by atoms with E-state index in [1.807, 2.05) is 122 Å². The monoisotopic (exact) mass is 1310 g/mol. The fraction of sp³-hybridized carbons (Fsp3) is 0. The highest BCUT2D eigenvalue weighted by molar-refractivity contribution is 6.21. The van der Waals surface area contributed by atoms with Crippen molar-refractivity contribution in [2.45, 2.75) is 0 Å². The SMILES string of the molecule is c1ccc(-c2nc(-c3ccc(-c4cccc5c(-c6cccc7oc8ccccc8c67)cccc45)cc3)nc(-c3cncc4oc5cc(-c6ccc(-c7cccc8c(-c9nc(-c%10ccccc%10)nc(-c%10cncc%11oc%12ccccc%12c%10%11)n9)cccc78)c7c6oc6ccccc67)ccc5c34)n2)cc1. The summed E-state index contributed by atoms with van der Waals surface area (Å²) in [7, 11) is 0. The van der Waals surface area contributed by atoms with Crippen LogP contribution in [-0.2, 0) is 0 Å². The van der Waals surface area contributed by atoms with Gasteiger partial charge in [-0.3, -0.25) is 9.97 Å². The maximum Gasteiger partial charge on any atom is 0.166 e. The predicted molar refractivity (Wildman–Crippen MR) is 407 cm³/mol. The third kappa shape index (κ3) is 9.10. The van der Waals surface area contributed by atoms with E-state index in [1.54, 1.807) is 12.4 Å². The summed E-state index contributed by atoms with van der Waals surface area (Å²) in [6.45, 7) is 0. The zero-order valence-electron chi connectivity index (χ0n) is 54.1. The smallest absolute Gasteiger partial charge is 0.166 e. The van der Waals surface area contributed by atoms with E-state index in [1.165, 1.54) is 0 Å². The average molecular weight is 1310 g/mol. The van der Waals surface area contributed by atoms with Gasteiger partial charge in [-0.1, -0.05) is 237 Å². The third-order valence-electron chi connectivity index (χ3n) is 19.8. The Bertz CT molecular complexity index is 7020. The third-order valence-corrected chi connectivity index (χ3v) is 19.8. The maximum absolute atomic E-state index is 6.99. The largest absolute Gasteiger partial charge is 0.456 e. The van der Waals surface area contributed by atoms with Crippen molar-refractivity contribution >= 4 is 109 Å². The van der Waals surface area contributed by atoms with E-state index in [0.29, 0.717) is 51.7 Å². The van der Waals surface area contributed by atoms with Crippen molar-refractivity contribution in [1.29, 1.82) is 0 Å². The van der Waals surface area contributed by atoms with Gasteiger partial charge in [0.05, 0.1) is 12.4 Å². The lowest BCUT2D eigenvalue weighted by molar-refractivity contribution is 0.666. The Morgan fingerprint density at radius 2 is 0.539 bits per heavy atom. The van der Waals surface area contributed by atoms with Crippen LogP contribution in [0.4, 0.5) is 0 Å². The van der Waals surface area contributed by atoms with Crippen LogP contribution in [0.1, 0.15) is 0 Å². The van der Waals surface area contributed by atoms with Gasteiger partial charge in [0.15, 0.2) is 46.1 Å². The van der Waals surface area contributed by atoms with Gasteiger partial charge in [-0.05, 0) is 103 Å². The summed E-state index contributed by atoms with van der Waals surface area (Å²) >= 11 is 0. The second-order valence-electron chi connectivity index (χ2n) is 25.6. The van der Waals surface area contributed by atoms with Gasteiger partial charge in [-0.15, -0.1) is 0 Å². The summed E-state index contributed by atoms with van der Waals surface area (Å²) in [6, 6.07) is 96.0. The number of fused-ring (bicyclic) bond motifs is 14. The van der Waals surface area contributed by atoms with Gasteiger partial charge >= 0.3 is 0 Å². The van der Waals surface area contributed by atoms with Gasteiger partial charge in [-0.2, -0.15) is 0 Å². The van der Waals surface area contributed by atoms with Crippen molar-refractivity contribution in [3.05, 3.63) is 304 Å². The predicted octanol–water partition coefficient (Wildman–Crippen LogP) is 23.4. The maximum atomic E-state index is 6.99. The molecule has 0 spiro atoms. The molecule has 0 radical (unpaired) electrons. The second-order valence-corrected chi connectivity index (χ2v) is 25.6. The molecule has 12 heteroatoms. The fourth-order valence-electron chi connectivity index (χ4n) is 15.2. The Morgan fingerprint density at radius 3 is 1.14 bits per heavy atom. The highest BCUT2D eigenvalue weighted by Crippen LogP contribution is 2.48. The molecule has 8 aromatic heterocycles. The highest BCUT2D eigenvalue weighted by atomic mass is 16.3. The molecule has 102 heavy (non-hydrogen) atoms. The Kier molecular flexibility index (Phi) is 12.7. The topological polar surface area (TPSA) is 156 Å². The molecule has 474 valence electrons. The lowest BCUT2D eigenvalue weighted by atomic mass is 9.90. The summed E-state index contributed by atoms with van der Waals surface area (Å²) < 4.78 is 26.4. The number of nitrogens with zero attached hydrogens (tertiary/aromatic N) is 8. The number of pyridine rings is 2. The van der Waals surface area contributed by atoms with Gasteiger partial charge in [0.25, 0.3) is 0 Å². The first-order valence-electron chi connectivity index (χ1n) is 33.7. The zero-order valence-corrected chi connectivity index (χ0v) is 54.1. The van der Waals surface area contributed by atoms with Gasteiger partial charge in [0.2, 0.25) is 0 Å². The number of aromatic nitrogens is 8. The number of benzene rings is 13. The molecule has 0 fully saturated rings. The van der Waals surface area contributed by atoms with Crippen LogP contribution in [0.25, 0.3) is 222 Å². The molecule has 0 atom stereocenters. The molecule has 0 aliphatic carbocycles. The van der Waals surface area contributed by atoms with Crippen LogP contribution in [-0.4, -0.2) is 39.9 Å². The molecule has 0 unspecified atom stereocenters. The van der Waals surface area contributed by atoms with E-state index in [0.717, 1.165) is 170 Å². The van der Waals surface area contributed by atoms with Gasteiger partial charge in [-0.25, -0.2) is 29.9 Å². The molecule has 0 saturated heterocycles. The Morgan fingerprint density at radius 1 is 0.176 bits per heavy atom. The molecule has 21 aromatic rings. The van der Waals surface area contributed by atoms with Crippen LogP contribution in [0.5, 0.6) is 0 Å². The van der Waals surface area contributed by atoms with Gasteiger partial charge < -0.3 is 17.7 Å². The molecule has 21 rings (SSSR count). The number of hydrogen-bond donors (Lipinski definition) is 0. The Balaban J connectivity index is 0.653. The van der Waals surface area contributed by atoms with Gasteiger partial charge in [0.1, 0.15) is 33.5 Å². The normalized spacial score (nSPS) is 11.9. The first-order chi connectivity index (χ1) is 50.5. The molecule has 12 nitrogen and oxygen atoms in total. The van der Waals surface area contributed by atoms with E-state index in [2.05, 4.69) is 175 Å². The first kappa shape index (κ1) is 57.0. The molecule has 0 aliphatic rings. The summed E-state index contributed by atoms with van der Waals surface area (Å²) in [4.78, 5) is 40.7. The summed E-state index contributed by atoms with van der Waals surface area (Å²) in [5, 5.41) is 12.1. The molecule has 8 heterocycles. The van der Waals surface area contributed by atoms with Crippen molar-refractivity contribution in [2.75, 3.05) is 0 Å². The van der Waals surface area contributed by atoms with Crippen molar-refractivity contribution in [1.82, 2.24) is 39.9 Å². The van der Waals surface area contributed by atoms with Gasteiger partial charge in [0, 0.05) is 94.4 Å². The standard InChI is InChI=1S/C90H50N8O4/c1-3-18-52(19-4-1)85-93-87(54-40-38-51(39-41-54)56-25-13-27-59-58(56)26-14-29-61(59)64-32-17-37-76-80(64)67-22-7-10-34-73(67)99-76)97-89(95-85)72-48-92-50-79-82(72)70-43-42-55(46-77(70)101-79)57-44-45-65(83-69-24-9-12-36-75(69)102-84(57)83)62-30-15-31-63-60(62)28-16-33-66(63)88-94-86(53-20-5-2-6-21-53)96-90(98-88)71-47-91-49-78-81(71)68-23-8-11-35-74(68)100-78/h1-50H. The second kappa shape index (κ2) is 22.7. The molecule has 13 aromatic carbocycles. The van der Waals surface area contributed by atoms with E-state index in [9.17, 15) is 0 Å². The minimum absolute atomic E-state index is 0.472. The number of rotatable bonds is 10. The Hall–Kier alpha value is -14.1. The van der Waals surface area contributed by atoms with E-state index in [4.69, 9.17) is 52.6 Å². The first-order valence-corrected chi connectivity index (χ1v) is 33.7. The van der Waals surface area contributed by atoms with E-state index in [-0.39, 0.29) is 0 Å². The fourth-order valence-corrected chi connectivity index (χ4v) is 15.2. The summed E-state index contributed by atoms with van der Waals surface area (Å²) in [5.41, 5.74) is 19.2. The minimum atomic E-state index is 0.472. The van der Waals surface area contributed by atoms with Crippen LogP contribution >= 0.6 is 0 Å². The van der Waals surface area contributed by atoms with Crippen molar-refractivity contribution in [2.24, 2.45) is 0 Å². The molecular formula is C90H50N8O4. The number of hydrogen-bond acceptors (Lipinski definition) is 12. The molecule has 0 N–H and O–H groups in total. The lowest BCUT2D eigenvalue weighted by Crippen LogP contribution is -2.01. The van der Waals surface area contributed by atoms with Crippen LogP contribution in [0.15, 0.2) is 322 Å². The Labute approximate surface area is 580 Å². The minimum Gasteiger partial charge on any atom is -0.456 e. The quantitative estimate of drug-likeness (QED) is 0.128. The molecule has 0 amide bonds. The van der Waals surface area contributed by atoms with Crippen molar-refractivity contribution < 1.29 is 17.7 Å². The van der Waals surface area contributed by atoms with Crippen molar-refractivity contribution in [3.63, 3.8) is 0 Å². The highest BCUT2D eigenvalue weighted by Gasteiger charge is 2.25. The number of para-hydroxylation sites is 3. The average Bonchev–Trinajstić information content (AvgIpc) is 1.52. The van der Waals surface area contributed by atoms with E-state index >= 15 is 0 Å². The molecule has 0 aliphatic heterocycles. The molecular weight excluding hydrogens is 1260 g/mol. The molecule has 0 bridgehead atoms. The van der Waals surface area contributed by atoms with Crippen LogP contribution in [0, 0.1) is 0 Å². The van der Waals surface area contributed by atoms with E-state index < -0.39 is 0 Å². The van der Waals surface area contributed by atoms with Crippen LogP contribution in [0.2, 0.25) is 0 Å². The summed E-state index contributed by atoms with van der Waals surface area (Å²) in [5.74, 6) is 3.11. The molecule has 0 saturated carbocycles. The van der Waals surface area contributed by atoms with Crippen LogP contribution in [0.3, 0.4) is 0 Å². The summed E-state index contributed by atoms with van der Waals surface area (Å²) in [6.07, 6.45) is 7.15. The van der Waals surface area contributed by atoms with Crippen LogP contribution < -0.4 is 0 Å². The van der Waals surface area contributed by atoms with Crippen molar-refractivity contribution in [3.8, 4) is 113 Å². The number of furan rings is 4. The zero-order chi connectivity index (χ0) is 66.9.